The number of benzene rings is 1. The molecule has 1 amide bonds. The summed E-state index contributed by atoms with van der Waals surface area (Å²) in [6.45, 7) is 2.30. The van der Waals surface area contributed by atoms with Crippen molar-refractivity contribution < 1.29 is 17.7 Å². The summed E-state index contributed by atoms with van der Waals surface area (Å²) in [5.41, 5.74) is 2.60. The SMILES string of the molecule is Cc1noc(CNS(=O)(=O)c2cc3c4c(c2)CC(=O)N4CCC3)n1. The van der Waals surface area contributed by atoms with Crippen LogP contribution in [0.4, 0.5) is 5.69 Å². The Balaban J connectivity index is 1.64. The highest BCUT2D eigenvalue weighted by atomic mass is 32.2. The summed E-state index contributed by atoms with van der Waals surface area (Å²) in [4.78, 5) is 18.0. The minimum Gasteiger partial charge on any atom is -0.338 e. The zero-order valence-corrected chi connectivity index (χ0v) is 13.9. The Kier molecular flexibility index (Phi) is 3.43. The van der Waals surface area contributed by atoms with Crippen LogP contribution >= 0.6 is 0 Å². The lowest BCUT2D eigenvalue weighted by Crippen LogP contribution is -2.31. The van der Waals surface area contributed by atoms with Gasteiger partial charge in [0, 0.05) is 6.54 Å². The van der Waals surface area contributed by atoms with Gasteiger partial charge < -0.3 is 9.42 Å². The molecule has 0 saturated heterocycles. The van der Waals surface area contributed by atoms with Gasteiger partial charge in [-0.1, -0.05) is 5.16 Å². The molecular formula is C15H16N4O4S. The maximum Gasteiger partial charge on any atom is 0.241 e. The Morgan fingerprint density at radius 1 is 1.33 bits per heavy atom. The predicted molar refractivity (Wildman–Crippen MR) is 83.9 cm³/mol. The summed E-state index contributed by atoms with van der Waals surface area (Å²) >= 11 is 0. The highest BCUT2D eigenvalue weighted by Gasteiger charge is 2.33. The van der Waals surface area contributed by atoms with Gasteiger partial charge >= 0.3 is 0 Å². The molecule has 126 valence electrons. The Hall–Kier alpha value is -2.26. The molecule has 0 atom stereocenters. The minimum absolute atomic E-state index is 0.0368. The van der Waals surface area contributed by atoms with E-state index in [4.69, 9.17) is 4.52 Å². The molecule has 0 aliphatic carbocycles. The first-order valence-corrected chi connectivity index (χ1v) is 9.17. The molecule has 0 saturated carbocycles. The second-order valence-corrected chi connectivity index (χ2v) is 7.74. The lowest BCUT2D eigenvalue weighted by molar-refractivity contribution is -0.117. The van der Waals surface area contributed by atoms with E-state index in [0.717, 1.165) is 29.7 Å². The third-order valence-corrected chi connectivity index (χ3v) is 5.66. The van der Waals surface area contributed by atoms with Crippen LogP contribution in [0.2, 0.25) is 0 Å². The van der Waals surface area contributed by atoms with Crippen molar-refractivity contribution in [3.05, 3.63) is 35.0 Å². The largest absolute Gasteiger partial charge is 0.338 e. The van der Waals surface area contributed by atoms with Crippen molar-refractivity contribution in [1.29, 1.82) is 0 Å². The number of rotatable bonds is 4. The molecule has 1 N–H and O–H groups in total. The first-order chi connectivity index (χ1) is 11.4. The first kappa shape index (κ1) is 15.3. The molecule has 4 rings (SSSR count). The first-order valence-electron chi connectivity index (χ1n) is 7.69. The number of carbonyl (C=O) groups is 1. The fraction of sp³-hybridized carbons (Fsp3) is 0.400. The summed E-state index contributed by atoms with van der Waals surface area (Å²) < 4.78 is 32.5. The molecule has 1 aromatic carbocycles. The van der Waals surface area contributed by atoms with Crippen LogP contribution in [0.25, 0.3) is 0 Å². The lowest BCUT2D eigenvalue weighted by atomic mass is 10.0. The molecule has 2 aliphatic heterocycles. The summed E-state index contributed by atoms with van der Waals surface area (Å²) in [5, 5.41) is 3.62. The van der Waals surface area contributed by atoms with E-state index in [1.54, 1.807) is 24.0 Å². The molecule has 0 fully saturated rings. The van der Waals surface area contributed by atoms with Crippen LogP contribution in [0.1, 0.15) is 29.3 Å². The van der Waals surface area contributed by atoms with Gasteiger partial charge in [0.1, 0.15) is 0 Å². The van der Waals surface area contributed by atoms with E-state index in [1.807, 2.05) is 0 Å². The van der Waals surface area contributed by atoms with E-state index in [1.165, 1.54) is 0 Å². The standard InChI is InChI=1S/C15H16N4O4S/c1-9-17-13(23-18-9)8-16-24(21,22)12-5-10-3-2-4-19-14(20)7-11(6-12)15(10)19/h5-6,16H,2-4,7-8H2,1H3. The third-order valence-electron chi connectivity index (χ3n) is 4.28. The molecule has 2 aliphatic rings. The van der Waals surface area contributed by atoms with Gasteiger partial charge in [-0.3, -0.25) is 4.79 Å². The molecule has 8 nitrogen and oxygen atoms in total. The van der Waals surface area contributed by atoms with Crippen LogP contribution in [0.15, 0.2) is 21.6 Å². The molecule has 0 unspecified atom stereocenters. The van der Waals surface area contributed by atoms with Crippen LogP contribution in [0, 0.1) is 6.92 Å². The number of carbonyl (C=O) groups excluding carboxylic acids is 1. The van der Waals surface area contributed by atoms with E-state index in [0.29, 0.717) is 12.4 Å². The van der Waals surface area contributed by atoms with Gasteiger partial charge in [-0.15, -0.1) is 0 Å². The number of nitrogens with zero attached hydrogens (tertiary/aromatic N) is 3. The number of amides is 1. The molecule has 0 bridgehead atoms. The fourth-order valence-corrected chi connectivity index (χ4v) is 4.33. The third kappa shape index (κ3) is 2.49. The summed E-state index contributed by atoms with van der Waals surface area (Å²) in [6, 6.07) is 3.24. The average molecular weight is 348 g/mol. The fourth-order valence-electron chi connectivity index (χ4n) is 3.25. The Labute approximate surface area is 138 Å². The molecule has 1 aromatic heterocycles. The zero-order valence-electron chi connectivity index (χ0n) is 13.1. The topological polar surface area (TPSA) is 105 Å². The van der Waals surface area contributed by atoms with E-state index in [2.05, 4.69) is 14.9 Å². The highest BCUT2D eigenvalue weighted by molar-refractivity contribution is 7.89. The van der Waals surface area contributed by atoms with Gasteiger partial charge in [0.2, 0.25) is 21.8 Å². The van der Waals surface area contributed by atoms with Crippen molar-refractivity contribution in [3.63, 3.8) is 0 Å². The maximum atomic E-state index is 12.6. The second kappa shape index (κ2) is 5.38. The second-order valence-electron chi connectivity index (χ2n) is 5.98. The molecule has 9 heteroatoms. The van der Waals surface area contributed by atoms with Crippen LogP contribution in [0.5, 0.6) is 0 Å². The number of aryl methyl sites for hydroxylation is 2. The van der Waals surface area contributed by atoms with Gasteiger partial charge in [0.25, 0.3) is 0 Å². The number of sulfonamides is 1. The van der Waals surface area contributed by atoms with Crippen molar-refractivity contribution in [3.8, 4) is 0 Å². The number of aromatic nitrogens is 2. The van der Waals surface area contributed by atoms with E-state index in [9.17, 15) is 13.2 Å². The number of hydrogen-bond donors (Lipinski definition) is 1. The van der Waals surface area contributed by atoms with Gasteiger partial charge in [0.15, 0.2) is 5.82 Å². The normalized spacial score (nSPS) is 16.5. The highest BCUT2D eigenvalue weighted by Crippen LogP contribution is 2.38. The molecule has 24 heavy (non-hydrogen) atoms. The summed E-state index contributed by atoms with van der Waals surface area (Å²) in [6.07, 6.45) is 1.88. The summed E-state index contributed by atoms with van der Waals surface area (Å²) in [7, 11) is -3.72. The lowest BCUT2D eigenvalue weighted by Gasteiger charge is -2.25. The molecule has 0 radical (unpaired) electrons. The van der Waals surface area contributed by atoms with Crippen LogP contribution < -0.4 is 9.62 Å². The van der Waals surface area contributed by atoms with Crippen molar-refractivity contribution in [1.82, 2.24) is 14.9 Å². The maximum absolute atomic E-state index is 12.6. The average Bonchev–Trinajstić information content (AvgIpc) is 3.11. The van der Waals surface area contributed by atoms with Gasteiger partial charge in [-0.2, -0.15) is 4.98 Å². The van der Waals surface area contributed by atoms with E-state index in [-0.39, 0.29) is 29.7 Å². The van der Waals surface area contributed by atoms with Crippen LogP contribution in [0.3, 0.4) is 0 Å². The monoisotopic (exact) mass is 348 g/mol. The number of hydrogen-bond acceptors (Lipinski definition) is 6. The van der Waals surface area contributed by atoms with Gasteiger partial charge in [-0.25, -0.2) is 13.1 Å². The minimum atomic E-state index is -3.72. The Morgan fingerprint density at radius 3 is 2.88 bits per heavy atom. The van der Waals surface area contributed by atoms with Crippen molar-refractivity contribution in [2.75, 3.05) is 11.4 Å². The predicted octanol–water partition coefficient (Wildman–Crippen LogP) is 0.692. The number of nitrogens with one attached hydrogen (secondary N) is 1. The number of anilines is 1. The van der Waals surface area contributed by atoms with E-state index >= 15 is 0 Å². The van der Waals surface area contributed by atoms with Crippen molar-refractivity contribution in [2.24, 2.45) is 0 Å². The molecule has 3 heterocycles. The smallest absolute Gasteiger partial charge is 0.241 e. The molecule has 0 spiro atoms. The van der Waals surface area contributed by atoms with Crippen LogP contribution in [-0.4, -0.2) is 31.0 Å². The summed E-state index contributed by atoms with van der Waals surface area (Å²) in [5.74, 6) is 0.694. The zero-order chi connectivity index (χ0) is 16.9. The van der Waals surface area contributed by atoms with Crippen molar-refractivity contribution >= 4 is 21.6 Å². The van der Waals surface area contributed by atoms with Crippen LogP contribution in [-0.2, 0) is 34.2 Å². The van der Waals surface area contributed by atoms with Gasteiger partial charge in [-0.05, 0) is 43.0 Å². The molecule has 2 aromatic rings. The molecular weight excluding hydrogens is 332 g/mol. The van der Waals surface area contributed by atoms with E-state index < -0.39 is 10.0 Å². The van der Waals surface area contributed by atoms with Gasteiger partial charge in [0.05, 0.1) is 23.5 Å². The Bertz CT molecular complexity index is 935. The van der Waals surface area contributed by atoms with Crippen molar-refractivity contribution in [2.45, 2.75) is 37.6 Å². The quantitative estimate of drug-likeness (QED) is 0.871. The Morgan fingerprint density at radius 2 is 2.12 bits per heavy atom.